The van der Waals surface area contributed by atoms with Gasteiger partial charge in [-0.2, -0.15) is 0 Å². The van der Waals surface area contributed by atoms with Crippen LogP contribution in [0.3, 0.4) is 0 Å². The van der Waals surface area contributed by atoms with Gasteiger partial charge in [-0.25, -0.2) is 14.8 Å². The Morgan fingerprint density at radius 2 is 1.62 bits per heavy atom. The van der Waals surface area contributed by atoms with E-state index in [2.05, 4.69) is 15.3 Å². The van der Waals surface area contributed by atoms with Crippen LogP contribution in [0, 0.1) is 0 Å². The molecule has 1 unspecified atom stereocenters. The number of para-hydroxylation sites is 2. The van der Waals surface area contributed by atoms with E-state index in [4.69, 9.17) is 16.2 Å². The lowest BCUT2D eigenvalue weighted by Crippen LogP contribution is -2.38. The van der Waals surface area contributed by atoms with E-state index in [0.717, 1.165) is 0 Å². The van der Waals surface area contributed by atoms with Gasteiger partial charge in [0.25, 0.3) is 5.91 Å². The SMILES string of the molecule is CN(CC(Nc1ncnc2c(C(N)=O)cccc12)c1cccc(C(=O)c2ccccc2)c1N)C(=O)OC(C)(C)C. The van der Waals surface area contributed by atoms with Crippen molar-refractivity contribution in [2.75, 3.05) is 24.6 Å². The lowest BCUT2D eigenvalue weighted by atomic mass is 9.95. The number of hydrogen-bond donors (Lipinski definition) is 3. The highest BCUT2D eigenvalue weighted by molar-refractivity contribution is 6.12. The molecule has 5 N–H and O–H groups in total. The molecule has 4 rings (SSSR count). The lowest BCUT2D eigenvalue weighted by Gasteiger charge is -2.29. The Morgan fingerprint density at radius 3 is 2.30 bits per heavy atom. The van der Waals surface area contributed by atoms with Crippen LogP contribution >= 0.6 is 0 Å². The van der Waals surface area contributed by atoms with Crippen molar-refractivity contribution < 1.29 is 19.1 Å². The number of primary amides is 1. The monoisotopic (exact) mass is 540 g/mol. The minimum atomic E-state index is -0.691. The first-order valence-electron chi connectivity index (χ1n) is 12.7. The Balaban J connectivity index is 1.78. The number of ketones is 1. The topological polar surface area (TPSA) is 154 Å². The normalized spacial score (nSPS) is 12.0. The number of aromatic nitrogens is 2. The van der Waals surface area contributed by atoms with Crippen molar-refractivity contribution in [1.82, 2.24) is 14.9 Å². The number of hydrogen-bond acceptors (Lipinski definition) is 8. The van der Waals surface area contributed by atoms with Crippen LogP contribution in [-0.4, -0.2) is 51.8 Å². The van der Waals surface area contributed by atoms with Crippen LogP contribution in [-0.2, 0) is 4.74 Å². The van der Waals surface area contributed by atoms with Crippen LogP contribution in [0.1, 0.15) is 58.7 Å². The van der Waals surface area contributed by atoms with Gasteiger partial charge in [-0.05, 0) is 44.5 Å². The maximum absolute atomic E-state index is 13.3. The van der Waals surface area contributed by atoms with E-state index in [9.17, 15) is 14.4 Å². The van der Waals surface area contributed by atoms with Crippen molar-refractivity contribution in [2.45, 2.75) is 32.4 Å². The molecule has 0 aliphatic heterocycles. The third kappa shape index (κ3) is 6.17. The van der Waals surface area contributed by atoms with Crippen LogP contribution in [0.5, 0.6) is 0 Å². The van der Waals surface area contributed by atoms with Gasteiger partial charge >= 0.3 is 6.09 Å². The Labute approximate surface area is 232 Å². The average Bonchev–Trinajstić information content (AvgIpc) is 2.91. The molecule has 0 aliphatic rings. The quantitative estimate of drug-likeness (QED) is 0.217. The van der Waals surface area contributed by atoms with Crippen molar-refractivity contribution in [2.24, 2.45) is 5.73 Å². The number of nitrogens with zero attached hydrogens (tertiary/aromatic N) is 3. The molecule has 0 saturated carbocycles. The number of likely N-dealkylation sites (N-methyl/N-ethyl adjacent to an activating group) is 1. The van der Waals surface area contributed by atoms with Gasteiger partial charge in [0.2, 0.25) is 0 Å². The van der Waals surface area contributed by atoms with Crippen molar-refractivity contribution in [3.05, 3.63) is 95.3 Å². The number of nitrogens with one attached hydrogen (secondary N) is 1. The molecule has 1 atom stereocenters. The molecule has 10 heteroatoms. The van der Waals surface area contributed by atoms with Crippen LogP contribution < -0.4 is 16.8 Å². The number of anilines is 2. The Morgan fingerprint density at radius 1 is 0.950 bits per heavy atom. The summed E-state index contributed by atoms with van der Waals surface area (Å²) in [5.74, 6) is -0.444. The number of carbonyl (C=O) groups is 3. The summed E-state index contributed by atoms with van der Waals surface area (Å²) < 4.78 is 5.55. The van der Waals surface area contributed by atoms with Gasteiger partial charge in [0.1, 0.15) is 17.7 Å². The number of rotatable bonds is 8. The molecule has 4 aromatic rings. The molecule has 206 valence electrons. The molecule has 0 saturated heterocycles. The highest BCUT2D eigenvalue weighted by Crippen LogP contribution is 2.31. The minimum absolute atomic E-state index is 0.114. The van der Waals surface area contributed by atoms with Crippen molar-refractivity contribution in [3.8, 4) is 0 Å². The maximum atomic E-state index is 13.3. The Bertz CT molecular complexity index is 1570. The van der Waals surface area contributed by atoms with Gasteiger partial charge in [-0.15, -0.1) is 0 Å². The van der Waals surface area contributed by atoms with Crippen LogP contribution in [0.15, 0.2) is 73.1 Å². The van der Waals surface area contributed by atoms with Crippen molar-refractivity contribution in [1.29, 1.82) is 0 Å². The van der Waals surface area contributed by atoms with Gasteiger partial charge in [-0.3, -0.25) is 9.59 Å². The molecule has 0 bridgehead atoms. The first-order valence-corrected chi connectivity index (χ1v) is 12.7. The number of nitrogen functional groups attached to an aromatic ring is 1. The average molecular weight is 541 g/mol. The first kappa shape index (κ1) is 28.0. The van der Waals surface area contributed by atoms with Gasteiger partial charge in [-0.1, -0.05) is 48.5 Å². The zero-order valence-corrected chi connectivity index (χ0v) is 22.8. The van der Waals surface area contributed by atoms with E-state index in [0.29, 0.717) is 33.4 Å². The van der Waals surface area contributed by atoms with Gasteiger partial charge < -0.3 is 26.4 Å². The lowest BCUT2D eigenvalue weighted by molar-refractivity contribution is 0.0292. The number of carbonyl (C=O) groups excluding carboxylic acids is 3. The van der Waals surface area contributed by atoms with E-state index in [1.165, 1.54) is 11.2 Å². The maximum Gasteiger partial charge on any atom is 0.410 e. The summed E-state index contributed by atoms with van der Waals surface area (Å²) in [4.78, 5) is 48.3. The largest absolute Gasteiger partial charge is 0.444 e. The van der Waals surface area contributed by atoms with E-state index < -0.39 is 23.6 Å². The standard InChI is InChI=1S/C30H32N6O4/c1-30(2,3)40-29(39)36(4)16-23(35-28-22-15-9-14-21(27(32)38)25(22)33-17-34-28)19-12-8-13-20(24(19)31)26(37)18-10-6-5-7-11-18/h5-15,17,23H,16,31H2,1-4H3,(H2,32,38)(H,33,34,35). The summed E-state index contributed by atoms with van der Waals surface area (Å²) >= 11 is 0. The van der Waals surface area contributed by atoms with E-state index in [1.807, 2.05) is 6.07 Å². The second-order valence-corrected chi connectivity index (χ2v) is 10.3. The smallest absolute Gasteiger partial charge is 0.410 e. The van der Waals surface area contributed by atoms with Gasteiger partial charge in [0.15, 0.2) is 5.78 Å². The molecule has 0 radical (unpaired) electrons. The van der Waals surface area contributed by atoms with E-state index in [1.54, 1.807) is 88.5 Å². The molecular weight excluding hydrogens is 508 g/mol. The zero-order valence-electron chi connectivity index (χ0n) is 22.8. The number of amides is 2. The molecule has 1 heterocycles. The predicted molar refractivity (Wildman–Crippen MR) is 154 cm³/mol. The Hall–Kier alpha value is -4.99. The summed E-state index contributed by atoms with van der Waals surface area (Å²) in [7, 11) is 1.61. The summed E-state index contributed by atoms with van der Waals surface area (Å²) in [5.41, 5.74) is 13.8. The molecule has 0 aliphatic carbocycles. The minimum Gasteiger partial charge on any atom is -0.444 e. The number of benzene rings is 3. The number of nitrogens with two attached hydrogens (primary N) is 2. The molecule has 0 fully saturated rings. The molecular formula is C30H32N6O4. The van der Waals surface area contributed by atoms with Crippen LogP contribution in [0.4, 0.5) is 16.3 Å². The van der Waals surface area contributed by atoms with Gasteiger partial charge in [0.05, 0.1) is 17.1 Å². The molecule has 3 aromatic carbocycles. The third-order valence-corrected chi connectivity index (χ3v) is 6.20. The van der Waals surface area contributed by atoms with E-state index >= 15 is 0 Å². The number of ether oxygens (including phenoxy) is 1. The highest BCUT2D eigenvalue weighted by atomic mass is 16.6. The second-order valence-electron chi connectivity index (χ2n) is 10.3. The predicted octanol–water partition coefficient (Wildman–Crippen LogP) is 4.56. The molecule has 2 amide bonds. The Kier molecular flexibility index (Phi) is 7.99. The molecule has 1 aromatic heterocycles. The van der Waals surface area contributed by atoms with Gasteiger partial charge in [0, 0.05) is 35.8 Å². The fourth-order valence-corrected chi connectivity index (χ4v) is 4.31. The van der Waals surface area contributed by atoms with E-state index in [-0.39, 0.29) is 23.6 Å². The second kappa shape index (κ2) is 11.4. The molecule has 10 nitrogen and oxygen atoms in total. The van der Waals surface area contributed by atoms with Crippen molar-refractivity contribution >= 4 is 40.2 Å². The van der Waals surface area contributed by atoms with Crippen LogP contribution in [0.25, 0.3) is 10.9 Å². The zero-order chi connectivity index (χ0) is 29.0. The first-order chi connectivity index (χ1) is 19.0. The number of fused-ring (bicyclic) bond motifs is 1. The van der Waals surface area contributed by atoms with Crippen molar-refractivity contribution in [3.63, 3.8) is 0 Å². The summed E-state index contributed by atoms with van der Waals surface area (Å²) in [6.45, 7) is 5.47. The third-order valence-electron chi connectivity index (χ3n) is 6.20. The fraction of sp³-hybridized carbons (Fsp3) is 0.233. The molecule has 0 spiro atoms. The molecule has 40 heavy (non-hydrogen) atoms. The van der Waals surface area contributed by atoms with Crippen LogP contribution in [0.2, 0.25) is 0 Å². The summed E-state index contributed by atoms with van der Waals surface area (Å²) in [6, 6.07) is 18.5. The summed E-state index contributed by atoms with van der Waals surface area (Å²) in [5, 5.41) is 3.91. The highest BCUT2D eigenvalue weighted by Gasteiger charge is 2.26. The fourth-order valence-electron chi connectivity index (χ4n) is 4.31. The summed E-state index contributed by atoms with van der Waals surface area (Å²) in [6.07, 6.45) is 0.794.